The van der Waals surface area contributed by atoms with Crippen LogP contribution in [0.1, 0.15) is 121 Å². The van der Waals surface area contributed by atoms with Gasteiger partial charge in [-0.3, -0.25) is 9.59 Å². The highest BCUT2D eigenvalue weighted by atomic mass is 32.1. The van der Waals surface area contributed by atoms with Crippen molar-refractivity contribution in [2.75, 3.05) is 60.8 Å². The molecule has 0 aliphatic carbocycles. The number of aryl methyl sites for hydroxylation is 12. The summed E-state index contributed by atoms with van der Waals surface area (Å²) in [5.41, 5.74) is 11.1. The zero-order chi connectivity index (χ0) is 69.3. The lowest BCUT2D eigenvalue weighted by Crippen LogP contribution is -2.56. The van der Waals surface area contributed by atoms with E-state index in [4.69, 9.17) is 9.47 Å². The molecule has 6 aromatic heterocycles. The summed E-state index contributed by atoms with van der Waals surface area (Å²) in [6.45, 7) is 31.2. The molecule has 7 heterocycles. The number of ether oxygens (including phenoxy) is 2. The third-order valence-corrected chi connectivity index (χ3v) is 22.7. The lowest BCUT2D eigenvalue weighted by atomic mass is 9.95. The van der Waals surface area contributed by atoms with Gasteiger partial charge in [0.2, 0.25) is 0 Å². The number of carbonyl (C=O) groups is 2. The maximum absolute atomic E-state index is 12.2. The number of thiophene rings is 6. The quantitative estimate of drug-likeness (QED) is 0.0612. The van der Waals surface area contributed by atoms with Crippen LogP contribution in [-0.4, -0.2) is 58.0 Å². The summed E-state index contributed by atoms with van der Waals surface area (Å²) in [5.74, 6) is -0.623. The molecule has 12 rings (SSSR count). The summed E-state index contributed by atoms with van der Waals surface area (Å²) in [5, 5.41) is 9.18. The average Bonchev–Trinajstić information content (AvgIpc) is 1.59. The topological polar surface area (TPSA) is 83.1 Å². The van der Waals surface area contributed by atoms with Crippen LogP contribution >= 0.6 is 68.0 Å². The van der Waals surface area contributed by atoms with Crippen LogP contribution in [0.3, 0.4) is 0 Å². The molecule has 508 valence electrons. The molecule has 14 heteroatoms. The first-order valence-electron chi connectivity index (χ1n) is 33.3. The van der Waals surface area contributed by atoms with Gasteiger partial charge in [-0.2, -0.15) is 0 Å². The normalized spacial score (nSPS) is 11.5. The molecule has 1 aliphatic heterocycles. The zero-order valence-electron chi connectivity index (χ0n) is 59.4. The molecule has 0 saturated heterocycles. The Morgan fingerprint density at radius 2 is 0.719 bits per heavy atom. The molecule has 0 spiro atoms. The Morgan fingerprint density at radius 3 is 1.05 bits per heavy atom. The number of hydrogen-bond acceptors (Lipinski definition) is 14. The zero-order valence-corrected chi connectivity index (χ0v) is 64.3. The molecule has 0 fully saturated rings. The van der Waals surface area contributed by atoms with Gasteiger partial charge in [0.25, 0.3) is 0 Å². The van der Waals surface area contributed by atoms with Crippen molar-refractivity contribution in [3.8, 4) is 29.3 Å². The summed E-state index contributed by atoms with van der Waals surface area (Å²) < 4.78 is 11.0. The second-order valence-electron chi connectivity index (χ2n) is 25.0. The standard InChI is InChI=1S/C23H30N2O4.C21H30N2.C14H12S3.C10H10S2.C8H10.C6H8S/c1-5-6-7-8-19(27)29-14-23(13-28-17(4)26)24-21-15(2)9-11-18-12-10-16(3)22(25-23)20(18)21;1-18-8-12-20(13-9-18)22(3)16-6-5-7-17-23(4)21-14-10-19(2)11-15-21;1-9-3-5-11(15-9)13-7-8-14(17-13)12-6-4-10(2)16-12;1-7-3-5-9(11-7)10-6-4-8(2)12-10;1-7-3-5-8(2)6-4-7;1-5-3-4-6(2)7-5/h9-12,24-25H,5-8,13-14H2,1-4H3;8-15H,5-7,16-17H2,1-4H3;3-8H,1-2H3;3-6H,1-2H3;3-6H,1-2H3;3-4H,1-2H3. The van der Waals surface area contributed by atoms with Crippen LogP contribution in [0.4, 0.5) is 22.7 Å². The van der Waals surface area contributed by atoms with Gasteiger partial charge in [-0.05, 0) is 222 Å². The van der Waals surface area contributed by atoms with Crippen LogP contribution in [0.2, 0.25) is 0 Å². The molecule has 0 amide bonds. The van der Waals surface area contributed by atoms with E-state index in [1.807, 2.05) is 81.9 Å². The fourth-order valence-electron chi connectivity index (χ4n) is 10.5. The van der Waals surface area contributed by atoms with Crippen molar-refractivity contribution in [1.29, 1.82) is 0 Å². The summed E-state index contributed by atoms with van der Waals surface area (Å²) in [7, 11) is 4.37. The van der Waals surface area contributed by atoms with Crippen molar-refractivity contribution in [2.45, 2.75) is 148 Å². The Hall–Kier alpha value is -7.30. The molecule has 5 aromatic carbocycles. The van der Waals surface area contributed by atoms with Gasteiger partial charge < -0.3 is 29.9 Å². The van der Waals surface area contributed by atoms with E-state index in [1.165, 1.54) is 118 Å². The predicted octanol–water partition coefficient (Wildman–Crippen LogP) is 24.3. The van der Waals surface area contributed by atoms with Crippen molar-refractivity contribution in [3.05, 3.63) is 233 Å². The van der Waals surface area contributed by atoms with E-state index in [0.29, 0.717) is 6.42 Å². The van der Waals surface area contributed by atoms with Gasteiger partial charge in [0.05, 0.1) is 0 Å². The van der Waals surface area contributed by atoms with Crippen LogP contribution in [0.15, 0.2) is 170 Å². The SMILES string of the molecule is CCCCCC(=O)OCC1(COC(C)=O)Nc2c(C)ccc3ccc(C)c(c23)N1.Cc1ccc(-c2ccc(-c3ccc(C)s3)s2)s1.Cc1ccc(-c2ccc(C)s2)s1.Cc1ccc(C)cc1.Cc1ccc(C)s1.Cc1ccc(N(C)CCCCCN(C)c2ccc(C)cc2)cc1. The molecule has 2 N–H and O–H groups in total. The van der Waals surface area contributed by atoms with E-state index < -0.39 is 5.66 Å². The molecule has 96 heavy (non-hydrogen) atoms. The summed E-state index contributed by atoms with van der Waals surface area (Å²) in [6.07, 6.45) is 7.00. The maximum atomic E-state index is 12.2. The Bertz CT molecular complexity index is 3910. The Balaban J connectivity index is 0.000000173. The number of benzene rings is 5. The van der Waals surface area contributed by atoms with Gasteiger partial charge >= 0.3 is 11.9 Å². The van der Waals surface area contributed by atoms with Crippen molar-refractivity contribution < 1.29 is 19.1 Å². The van der Waals surface area contributed by atoms with Gasteiger partial charge in [-0.25, -0.2) is 0 Å². The lowest BCUT2D eigenvalue weighted by Gasteiger charge is -2.41. The minimum absolute atomic E-state index is 0.0359. The molecule has 1 aliphatic rings. The Morgan fingerprint density at radius 1 is 0.385 bits per heavy atom. The minimum atomic E-state index is -0.926. The van der Waals surface area contributed by atoms with E-state index in [9.17, 15) is 9.59 Å². The summed E-state index contributed by atoms with van der Waals surface area (Å²) in [6, 6.07) is 60.7. The minimum Gasteiger partial charge on any atom is -0.461 e. The molecular formula is C82H100N4O4S6. The molecule has 0 atom stereocenters. The Labute approximate surface area is 598 Å². The van der Waals surface area contributed by atoms with Crippen LogP contribution < -0.4 is 20.4 Å². The van der Waals surface area contributed by atoms with Crippen molar-refractivity contribution >= 4 is 113 Å². The van der Waals surface area contributed by atoms with E-state index in [-0.39, 0.29) is 25.2 Å². The highest BCUT2D eigenvalue weighted by Gasteiger charge is 2.39. The van der Waals surface area contributed by atoms with Gasteiger partial charge in [-0.15, -0.1) is 68.0 Å². The second kappa shape index (κ2) is 38.0. The molecule has 11 aromatic rings. The first-order valence-corrected chi connectivity index (χ1v) is 38.2. The lowest BCUT2D eigenvalue weighted by molar-refractivity contribution is -0.147. The largest absolute Gasteiger partial charge is 0.461 e. The van der Waals surface area contributed by atoms with Gasteiger partial charge in [0.1, 0.15) is 13.2 Å². The monoisotopic (exact) mass is 1400 g/mol. The number of unbranched alkanes of at least 4 members (excludes halogenated alkanes) is 4. The second-order valence-corrected chi connectivity index (χ2v) is 32.8. The van der Waals surface area contributed by atoms with E-state index in [1.54, 1.807) is 0 Å². The van der Waals surface area contributed by atoms with Gasteiger partial charge in [-0.1, -0.05) is 115 Å². The number of rotatable bonds is 19. The molecule has 8 nitrogen and oxygen atoms in total. The van der Waals surface area contributed by atoms with Crippen LogP contribution in [0, 0.1) is 83.1 Å². The van der Waals surface area contributed by atoms with Gasteiger partial charge in [0.15, 0.2) is 5.66 Å². The fourth-order valence-corrected chi connectivity index (χ4v) is 16.0. The number of nitrogens with one attached hydrogen (secondary N) is 2. The number of carbonyl (C=O) groups excluding carboxylic acids is 2. The summed E-state index contributed by atoms with van der Waals surface area (Å²) in [4.78, 5) is 45.1. The van der Waals surface area contributed by atoms with Crippen LogP contribution in [-0.2, 0) is 19.1 Å². The first-order chi connectivity index (χ1) is 46.0. The molecule has 0 saturated carbocycles. The molecule has 0 bridgehead atoms. The van der Waals surface area contributed by atoms with E-state index >= 15 is 0 Å². The number of hydrogen-bond donors (Lipinski definition) is 2. The third kappa shape index (κ3) is 24.4. The van der Waals surface area contributed by atoms with Crippen molar-refractivity contribution in [2.24, 2.45) is 0 Å². The van der Waals surface area contributed by atoms with Crippen molar-refractivity contribution in [3.63, 3.8) is 0 Å². The molecular weight excluding hydrogens is 1300 g/mol. The number of esters is 2. The van der Waals surface area contributed by atoms with E-state index in [2.05, 4.69) is 281 Å². The smallest absolute Gasteiger partial charge is 0.305 e. The van der Waals surface area contributed by atoms with Crippen molar-refractivity contribution in [1.82, 2.24) is 0 Å². The third-order valence-electron chi connectivity index (χ3n) is 16.1. The fraction of sp³-hybridized carbons (Fsp3) is 0.341. The number of nitrogens with zero attached hydrogens (tertiary/aromatic N) is 2. The average molecular weight is 1400 g/mol. The summed E-state index contributed by atoms with van der Waals surface area (Å²) >= 11 is 11.2. The maximum Gasteiger partial charge on any atom is 0.305 e. The van der Waals surface area contributed by atoms with Crippen LogP contribution in [0.5, 0.6) is 0 Å². The van der Waals surface area contributed by atoms with Gasteiger partial charge in [0, 0.05) is 127 Å². The molecule has 0 radical (unpaired) electrons. The predicted molar refractivity (Wildman–Crippen MR) is 425 cm³/mol. The highest BCUT2D eigenvalue weighted by Crippen LogP contribution is 2.43. The Kier molecular flexibility index (Phi) is 30.1. The first kappa shape index (κ1) is 76.1. The van der Waals surface area contributed by atoms with E-state index in [0.717, 1.165) is 65.6 Å². The molecule has 0 unspecified atom stereocenters. The van der Waals surface area contributed by atoms with Crippen LogP contribution in [0.25, 0.3) is 40.0 Å². The highest BCUT2D eigenvalue weighted by molar-refractivity contribution is 7.26. The number of anilines is 4.